The molecule has 136 valence electrons. The first kappa shape index (κ1) is 16.7. The molecule has 5 heteroatoms. The van der Waals surface area contributed by atoms with Crippen LogP contribution >= 0.6 is 0 Å². The zero-order valence-electron chi connectivity index (χ0n) is 15.6. The topological polar surface area (TPSA) is 68.6 Å². The first-order valence-corrected chi connectivity index (χ1v) is 9.34. The van der Waals surface area contributed by atoms with Gasteiger partial charge in [-0.05, 0) is 59.5 Å². The Labute approximate surface area is 163 Å². The zero-order chi connectivity index (χ0) is 19.1. The number of hydrogen-bond donors (Lipinski definition) is 1. The van der Waals surface area contributed by atoms with E-state index in [-0.39, 0.29) is 0 Å². The summed E-state index contributed by atoms with van der Waals surface area (Å²) in [7, 11) is 2.16. The summed E-state index contributed by atoms with van der Waals surface area (Å²) in [6.07, 6.45) is 1.99. The lowest BCUT2D eigenvalue weighted by Crippen LogP contribution is -2.31. The van der Waals surface area contributed by atoms with E-state index in [0.29, 0.717) is 11.6 Å². The van der Waals surface area contributed by atoms with Gasteiger partial charge in [0.15, 0.2) is 5.69 Å². The van der Waals surface area contributed by atoms with Gasteiger partial charge in [-0.25, -0.2) is 0 Å². The third kappa shape index (κ3) is 2.84. The van der Waals surface area contributed by atoms with Crippen LogP contribution in [0.5, 0.6) is 0 Å². The van der Waals surface area contributed by atoms with Crippen LogP contribution in [0, 0.1) is 11.3 Å². The summed E-state index contributed by atoms with van der Waals surface area (Å²) in [6.45, 7) is 1.91. The number of nitrogens with zero attached hydrogens (tertiary/aromatic N) is 4. The minimum atomic E-state index is 0.334. The molecule has 0 radical (unpaired) electrons. The number of fused-ring (bicyclic) bond motifs is 2. The maximum absolute atomic E-state index is 8.92. The van der Waals surface area contributed by atoms with E-state index in [1.54, 1.807) is 6.07 Å². The van der Waals surface area contributed by atoms with Crippen molar-refractivity contribution in [3.8, 4) is 17.3 Å². The fourth-order valence-corrected chi connectivity index (χ4v) is 4.12. The summed E-state index contributed by atoms with van der Waals surface area (Å²) in [5, 5.41) is 18.3. The number of hydrogen-bond acceptors (Lipinski definition) is 4. The molecular weight excluding hydrogens is 346 g/mol. The van der Waals surface area contributed by atoms with Crippen molar-refractivity contribution in [1.29, 1.82) is 5.26 Å². The average molecular weight is 365 g/mol. The molecule has 0 spiro atoms. The predicted molar refractivity (Wildman–Crippen MR) is 109 cm³/mol. The molecule has 5 nitrogen and oxygen atoms in total. The summed E-state index contributed by atoms with van der Waals surface area (Å²) in [5.41, 5.74) is 7.35. The number of aromatic nitrogens is 3. The monoisotopic (exact) mass is 365 g/mol. The lowest BCUT2D eigenvalue weighted by Gasteiger charge is -2.33. The number of nitrogens with one attached hydrogen (secondary N) is 1. The second kappa shape index (κ2) is 6.59. The van der Waals surface area contributed by atoms with Crippen molar-refractivity contribution >= 4 is 10.9 Å². The second-order valence-corrected chi connectivity index (χ2v) is 7.40. The molecule has 0 fully saturated rings. The van der Waals surface area contributed by atoms with Crippen LogP contribution in [-0.4, -0.2) is 33.7 Å². The van der Waals surface area contributed by atoms with Gasteiger partial charge in [0, 0.05) is 36.3 Å². The molecule has 1 aliphatic rings. The number of rotatable bonds is 2. The van der Waals surface area contributed by atoms with E-state index < -0.39 is 0 Å². The van der Waals surface area contributed by atoms with Crippen LogP contribution in [0.15, 0.2) is 60.8 Å². The molecule has 28 heavy (non-hydrogen) atoms. The summed E-state index contributed by atoms with van der Waals surface area (Å²) >= 11 is 0. The second-order valence-electron chi connectivity index (χ2n) is 7.40. The standard InChI is InChI=1S/C23H19N5/c1-28-13-18-10-17(22-7-5-19(12-24)26-27-22)4-6-20(18)21(14-28)16-3-2-15-8-9-25-23(15)11-16/h2-11,21,25H,13-14H2,1H3. The highest BCUT2D eigenvalue weighted by Crippen LogP contribution is 2.36. The Hall–Kier alpha value is -3.49. The molecule has 3 heterocycles. The highest BCUT2D eigenvalue weighted by Gasteiger charge is 2.25. The van der Waals surface area contributed by atoms with Crippen LogP contribution in [0.25, 0.3) is 22.2 Å². The summed E-state index contributed by atoms with van der Waals surface area (Å²) in [5.74, 6) is 0.336. The van der Waals surface area contributed by atoms with Crippen molar-refractivity contribution in [2.75, 3.05) is 13.6 Å². The van der Waals surface area contributed by atoms with Gasteiger partial charge in [0.1, 0.15) is 6.07 Å². The van der Waals surface area contributed by atoms with E-state index in [1.165, 1.54) is 27.6 Å². The highest BCUT2D eigenvalue weighted by atomic mass is 15.1. The fraction of sp³-hybridized carbons (Fsp3) is 0.174. The van der Waals surface area contributed by atoms with E-state index in [1.807, 2.05) is 18.3 Å². The molecule has 1 atom stereocenters. The van der Waals surface area contributed by atoms with Crippen LogP contribution < -0.4 is 0 Å². The Morgan fingerprint density at radius 2 is 2.00 bits per heavy atom. The third-order valence-electron chi connectivity index (χ3n) is 5.51. The van der Waals surface area contributed by atoms with E-state index in [0.717, 1.165) is 24.3 Å². The molecule has 5 rings (SSSR count). The first-order chi connectivity index (χ1) is 13.7. The third-order valence-corrected chi connectivity index (χ3v) is 5.51. The summed E-state index contributed by atoms with van der Waals surface area (Å²) in [6, 6.07) is 20.9. The summed E-state index contributed by atoms with van der Waals surface area (Å²) < 4.78 is 0. The number of likely N-dealkylation sites (N-methyl/N-ethyl adjacent to an activating group) is 1. The molecule has 1 aliphatic heterocycles. The van der Waals surface area contributed by atoms with E-state index >= 15 is 0 Å². The van der Waals surface area contributed by atoms with Crippen molar-refractivity contribution in [1.82, 2.24) is 20.1 Å². The fourth-order valence-electron chi connectivity index (χ4n) is 4.12. The van der Waals surface area contributed by atoms with Gasteiger partial charge in [-0.15, -0.1) is 10.2 Å². The van der Waals surface area contributed by atoms with Crippen LogP contribution in [0.2, 0.25) is 0 Å². The lowest BCUT2D eigenvalue weighted by molar-refractivity contribution is 0.295. The van der Waals surface area contributed by atoms with Crippen molar-refractivity contribution in [2.24, 2.45) is 0 Å². The molecule has 0 saturated carbocycles. The first-order valence-electron chi connectivity index (χ1n) is 9.34. The molecule has 2 aromatic carbocycles. The van der Waals surface area contributed by atoms with Gasteiger partial charge >= 0.3 is 0 Å². The van der Waals surface area contributed by atoms with Gasteiger partial charge in [-0.3, -0.25) is 0 Å². The maximum atomic E-state index is 8.92. The Morgan fingerprint density at radius 1 is 1.07 bits per heavy atom. The molecule has 0 saturated heterocycles. The molecule has 0 bridgehead atoms. The lowest BCUT2D eigenvalue weighted by atomic mass is 9.83. The zero-order valence-corrected chi connectivity index (χ0v) is 15.6. The normalized spacial score (nSPS) is 16.6. The molecule has 2 aromatic heterocycles. The van der Waals surface area contributed by atoms with Crippen molar-refractivity contribution < 1.29 is 0 Å². The predicted octanol–water partition coefficient (Wildman–Crippen LogP) is 4.07. The van der Waals surface area contributed by atoms with Gasteiger partial charge in [0.05, 0.1) is 5.69 Å². The average Bonchev–Trinajstić information content (AvgIpc) is 3.20. The Kier molecular flexibility index (Phi) is 3.92. The van der Waals surface area contributed by atoms with Crippen LogP contribution in [0.1, 0.15) is 28.3 Å². The minimum Gasteiger partial charge on any atom is -0.361 e. The van der Waals surface area contributed by atoms with E-state index in [2.05, 4.69) is 69.6 Å². The Morgan fingerprint density at radius 3 is 2.82 bits per heavy atom. The van der Waals surface area contributed by atoms with Gasteiger partial charge < -0.3 is 9.88 Å². The molecular formula is C23H19N5. The number of H-pyrrole nitrogens is 1. The van der Waals surface area contributed by atoms with Crippen LogP contribution in [0.4, 0.5) is 0 Å². The van der Waals surface area contributed by atoms with Crippen molar-refractivity contribution in [3.63, 3.8) is 0 Å². The maximum Gasteiger partial charge on any atom is 0.163 e. The molecule has 0 aliphatic carbocycles. The highest BCUT2D eigenvalue weighted by molar-refractivity contribution is 5.80. The van der Waals surface area contributed by atoms with E-state index in [9.17, 15) is 0 Å². The smallest absolute Gasteiger partial charge is 0.163 e. The molecule has 0 amide bonds. The molecule has 1 N–H and O–H groups in total. The Balaban J connectivity index is 1.56. The largest absolute Gasteiger partial charge is 0.361 e. The minimum absolute atomic E-state index is 0.334. The van der Waals surface area contributed by atoms with Crippen LogP contribution in [-0.2, 0) is 6.54 Å². The Bertz CT molecular complexity index is 1200. The SMILES string of the molecule is CN1Cc2cc(-c3ccc(C#N)nn3)ccc2C(c2ccc3cc[nH]c3c2)C1. The number of aromatic amines is 1. The van der Waals surface area contributed by atoms with Gasteiger partial charge in [-0.2, -0.15) is 5.26 Å². The quantitative estimate of drug-likeness (QED) is 0.581. The van der Waals surface area contributed by atoms with Gasteiger partial charge in [0.2, 0.25) is 0 Å². The molecule has 4 aromatic rings. The van der Waals surface area contributed by atoms with Crippen molar-refractivity contribution in [2.45, 2.75) is 12.5 Å². The molecule has 1 unspecified atom stereocenters. The number of nitriles is 1. The van der Waals surface area contributed by atoms with Crippen LogP contribution in [0.3, 0.4) is 0 Å². The van der Waals surface area contributed by atoms with Crippen molar-refractivity contribution in [3.05, 3.63) is 83.2 Å². The van der Waals surface area contributed by atoms with Gasteiger partial charge in [0.25, 0.3) is 0 Å². The summed E-state index contributed by atoms with van der Waals surface area (Å²) in [4.78, 5) is 5.68. The number of benzene rings is 2. The van der Waals surface area contributed by atoms with E-state index in [4.69, 9.17) is 5.26 Å². The van der Waals surface area contributed by atoms with Gasteiger partial charge in [-0.1, -0.05) is 24.3 Å².